The maximum Gasteiger partial charge on any atom is 0.388 e. The Morgan fingerprint density at radius 1 is 1.23 bits per heavy atom. The van der Waals surface area contributed by atoms with Crippen LogP contribution in [0.2, 0.25) is 0 Å². The topological polar surface area (TPSA) is 88.5 Å². The first-order valence-electron chi connectivity index (χ1n) is 10.2. The Labute approximate surface area is 179 Å². The first kappa shape index (κ1) is 22.7. The zero-order valence-electron chi connectivity index (χ0n) is 17.7. The van der Waals surface area contributed by atoms with Crippen molar-refractivity contribution in [3.63, 3.8) is 0 Å². The third-order valence-corrected chi connectivity index (χ3v) is 5.72. The Hall–Kier alpha value is -3.03. The Balaban J connectivity index is 1.97. The number of carboxylic acids is 1. The molecule has 0 radical (unpaired) electrons. The molecule has 1 saturated carbocycles. The number of aryl methyl sites for hydroxylation is 1. The fraction of sp³-hybridized carbons (Fsp3) is 0.435. The first-order chi connectivity index (χ1) is 14.6. The highest BCUT2D eigenvalue weighted by Crippen LogP contribution is 2.52. The third-order valence-electron chi connectivity index (χ3n) is 5.72. The van der Waals surface area contributed by atoms with Gasteiger partial charge in [0.25, 0.3) is 0 Å². The van der Waals surface area contributed by atoms with Gasteiger partial charge in [0.1, 0.15) is 5.69 Å². The van der Waals surface area contributed by atoms with Crippen LogP contribution in [-0.4, -0.2) is 28.6 Å². The Bertz CT molecular complexity index is 972. The van der Waals surface area contributed by atoms with Crippen LogP contribution < -0.4 is 10.1 Å². The minimum atomic E-state index is -3.08. The monoisotopic (exact) mass is 432 g/mol. The summed E-state index contributed by atoms with van der Waals surface area (Å²) in [4.78, 5) is 28.7. The van der Waals surface area contributed by atoms with Gasteiger partial charge in [0.15, 0.2) is 0 Å². The highest BCUT2D eigenvalue weighted by molar-refractivity contribution is 6.01. The van der Waals surface area contributed by atoms with Gasteiger partial charge < -0.3 is 15.2 Å². The molecule has 1 aliphatic carbocycles. The van der Waals surface area contributed by atoms with E-state index in [-0.39, 0.29) is 35.7 Å². The van der Waals surface area contributed by atoms with Gasteiger partial charge in [-0.2, -0.15) is 8.78 Å². The summed E-state index contributed by atoms with van der Waals surface area (Å²) in [7, 11) is 0. The predicted octanol–water partition coefficient (Wildman–Crippen LogP) is 4.88. The number of amides is 1. The molecule has 3 rings (SSSR count). The molecule has 2 N–H and O–H groups in total. The number of aliphatic carboxylic acids is 1. The smallest absolute Gasteiger partial charge is 0.388 e. The number of hydrogen-bond donors (Lipinski definition) is 2. The van der Waals surface area contributed by atoms with Crippen LogP contribution in [0.25, 0.3) is 0 Å². The van der Waals surface area contributed by atoms with E-state index >= 15 is 0 Å². The van der Waals surface area contributed by atoms with Crippen molar-refractivity contribution in [2.24, 2.45) is 5.92 Å². The largest absolute Gasteiger partial charge is 0.481 e. The molecule has 0 spiro atoms. The van der Waals surface area contributed by atoms with E-state index in [0.29, 0.717) is 18.5 Å². The SMILES string of the molecule is Cc1ccc(NC(=O)C2(c3ccccc3C(C)C)CC(CC(=O)O)C2)c(OC(F)F)n1. The number of nitrogens with one attached hydrogen (secondary N) is 1. The van der Waals surface area contributed by atoms with Crippen molar-refractivity contribution in [3.8, 4) is 5.88 Å². The predicted molar refractivity (Wildman–Crippen MR) is 111 cm³/mol. The van der Waals surface area contributed by atoms with Gasteiger partial charge >= 0.3 is 12.6 Å². The van der Waals surface area contributed by atoms with Crippen LogP contribution in [-0.2, 0) is 15.0 Å². The molecular formula is C23H26F2N2O4. The quantitative estimate of drug-likeness (QED) is 0.621. The summed E-state index contributed by atoms with van der Waals surface area (Å²) in [5, 5.41) is 11.9. The van der Waals surface area contributed by atoms with Gasteiger partial charge in [-0.25, -0.2) is 4.98 Å². The summed E-state index contributed by atoms with van der Waals surface area (Å²) in [5.41, 5.74) is 1.41. The highest BCUT2D eigenvalue weighted by atomic mass is 19.3. The second-order valence-corrected chi connectivity index (χ2v) is 8.33. The van der Waals surface area contributed by atoms with E-state index < -0.39 is 18.0 Å². The Morgan fingerprint density at radius 3 is 2.52 bits per heavy atom. The zero-order chi connectivity index (χ0) is 22.8. The molecule has 1 aromatic heterocycles. The van der Waals surface area contributed by atoms with Gasteiger partial charge in [0.05, 0.1) is 5.41 Å². The molecule has 6 nitrogen and oxygen atoms in total. The van der Waals surface area contributed by atoms with Gasteiger partial charge in [0.2, 0.25) is 11.8 Å². The van der Waals surface area contributed by atoms with Crippen LogP contribution in [0.3, 0.4) is 0 Å². The Kier molecular flexibility index (Phi) is 6.57. The number of hydrogen-bond acceptors (Lipinski definition) is 4. The number of nitrogens with zero attached hydrogens (tertiary/aromatic N) is 1. The number of halogens is 2. The minimum Gasteiger partial charge on any atom is -0.481 e. The van der Waals surface area contributed by atoms with E-state index in [1.54, 1.807) is 13.0 Å². The van der Waals surface area contributed by atoms with E-state index in [4.69, 9.17) is 5.11 Å². The van der Waals surface area contributed by atoms with Crippen molar-refractivity contribution in [1.29, 1.82) is 0 Å². The molecule has 31 heavy (non-hydrogen) atoms. The molecule has 1 fully saturated rings. The van der Waals surface area contributed by atoms with E-state index in [1.165, 1.54) is 6.07 Å². The molecule has 0 atom stereocenters. The maximum absolute atomic E-state index is 13.5. The summed E-state index contributed by atoms with van der Waals surface area (Å²) in [6.07, 6.45) is 0.698. The zero-order valence-corrected chi connectivity index (χ0v) is 17.7. The number of benzene rings is 1. The normalized spacial score (nSPS) is 20.4. The highest BCUT2D eigenvalue weighted by Gasteiger charge is 2.52. The molecule has 1 aliphatic rings. The standard InChI is InChI=1S/C23H26F2N2O4/c1-13(2)16-6-4-5-7-17(16)23(11-15(12-23)10-19(28)29)21(30)27-18-9-8-14(3)26-20(18)31-22(24)25/h4-9,13,15,22H,10-12H2,1-3H3,(H,27,30)(H,28,29). The van der Waals surface area contributed by atoms with Crippen LogP contribution >= 0.6 is 0 Å². The second kappa shape index (κ2) is 8.99. The van der Waals surface area contributed by atoms with Crippen molar-refractivity contribution in [2.45, 2.75) is 58.0 Å². The van der Waals surface area contributed by atoms with Gasteiger partial charge in [-0.05, 0) is 54.9 Å². The lowest BCUT2D eigenvalue weighted by atomic mass is 9.56. The van der Waals surface area contributed by atoms with Crippen LogP contribution in [0.4, 0.5) is 14.5 Å². The van der Waals surface area contributed by atoms with Crippen LogP contribution in [0.15, 0.2) is 36.4 Å². The maximum atomic E-state index is 13.5. The summed E-state index contributed by atoms with van der Waals surface area (Å²) in [6, 6.07) is 10.7. The molecule has 2 aromatic rings. The van der Waals surface area contributed by atoms with Crippen molar-refractivity contribution in [2.75, 3.05) is 5.32 Å². The number of carbonyl (C=O) groups excluding carboxylic acids is 1. The van der Waals surface area contributed by atoms with Gasteiger partial charge in [0, 0.05) is 12.1 Å². The molecule has 166 valence electrons. The number of anilines is 1. The minimum absolute atomic E-state index is 0.0231. The van der Waals surface area contributed by atoms with Gasteiger partial charge in [-0.1, -0.05) is 38.1 Å². The first-order valence-corrected chi connectivity index (χ1v) is 10.2. The van der Waals surface area contributed by atoms with E-state index in [9.17, 15) is 18.4 Å². The average Bonchev–Trinajstić information content (AvgIpc) is 2.65. The molecule has 0 saturated heterocycles. The van der Waals surface area contributed by atoms with Crippen LogP contribution in [0.5, 0.6) is 5.88 Å². The summed E-state index contributed by atoms with van der Waals surface area (Å²) < 4.78 is 30.2. The lowest BCUT2D eigenvalue weighted by molar-refractivity contribution is -0.141. The molecule has 0 unspecified atom stereocenters. The molecular weight excluding hydrogens is 406 g/mol. The Morgan fingerprint density at radius 2 is 1.90 bits per heavy atom. The van der Waals surface area contributed by atoms with Crippen molar-refractivity contribution < 1.29 is 28.2 Å². The second-order valence-electron chi connectivity index (χ2n) is 8.33. The number of carbonyl (C=O) groups is 2. The number of alkyl halides is 2. The fourth-order valence-electron chi connectivity index (χ4n) is 4.33. The summed E-state index contributed by atoms with van der Waals surface area (Å²) >= 11 is 0. The number of pyridine rings is 1. The van der Waals surface area contributed by atoms with Crippen molar-refractivity contribution in [3.05, 3.63) is 53.2 Å². The van der Waals surface area contributed by atoms with E-state index in [0.717, 1.165) is 11.1 Å². The lowest BCUT2D eigenvalue weighted by Gasteiger charge is -2.47. The number of rotatable bonds is 8. The number of carboxylic acid groups (broad SMARTS) is 1. The van der Waals surface area contributed by atoms with Crippen LogP contribution in [0.1, 0.15) is 55.8 Å². The fourth-order valence-corrected chi connectivity index (χ4v) is 4.33. The molecule has 1 amide bonds. The average molecular weight is 432 g/mol. The van der Waals surface area contributed by atoms with Gasteiger partial charge in [-0.3, -0.25) is 9.59 Å². The number of ether oxygens (including phenoxy) is 1. The molecule has 1 aromatic carbocycles. The molecule has 8 heteroatoms. The van der Waals surface area contributed by atoms with E-state index in [2.05, 4.69) is 15.0 Å². The van der Waals surface area contributed by atoms with Gasteiger partial charge in [-0.15, -0.1) is 0 Å². The van der Waals surface area contributed by atoms with Crippen molar-refractivity contribution in [1.82, 2.24) is 4.98 Å². The molecule has 0 aliphatic heterocycles. The third kappa shape index (κ3) is 4.84. The lowest BCUT2D eigenvalue weighted by Crippen LogP contribution is -2.51. The molecule has 1 heterocycles. The summed E-state index contributed by atoms with van der Waals surface area (Å²) in [6.45, 7) is 2.60. The molecule has 0 bridgehead atoms. The number of aromatic nitrogens is 1. The van der Waals surface area contributed by atoms with Crippen molar-refractivity contribution >= 4 is 17.6 Å². The van der Waals surface area contributed by atoms with Crippen LogP contribution in [0, 0.1) is 12.8 Å². The summed E-state index contributed by atoms with van der Waals surface area (Å²) in [5.74, 6) is -1.63. The van der Waals surface area contributed by atoms with E-state index in [1.807, 2.05) is 38.1 Å².